The van der Waals surface area contributed by atoms with Crippen LogP contribution in [0.4, 0.5) is 0 Å². The number of carbonyl (C=O) groups is 2. The molecule has 1 aromatic carbocycles. The lowest BCUT2D eigenvalue weighted by Gasteiger charge is -2.39. The molecule has 3 aliphatic rings. The van der Waals surface area contributed by atoms with Gasteiger partial charge in [0.05, 0.1) is 12.6 Å². The Morgan fingerprint density at radius 3 is 2.29 bits per heavy atom. The number of thiophene rings is 1. The van der Waals surface area contributed by atoms with Crippen LogP contribution in [0.5, 0.6) is 0 Å². The van der Waals surface area contributed by atoms with E-state index in [1.165, 1.54) is 41.7 Å². The van der Waals surface area contributed by atoms with Crippen molar-refractivity contribution in [2.24, 2.45) is 5.92 Å². The molecule has 1 saturated heterocycles. The molecule has 2 aliphatic heterocycles. The van der Waals surface area contributed by atoms with E-state index in [2.05, 4.69) is 28.5 Å². The largest absolute Gasteiger partial charge is 0.339 e. The predicted octanol–water partition coefficient (Wildman–Crippen LogP) is 4.99. The normalized spacial score (nSPS) is 21.6. The van der Waals surface area contributed by atoms with Crippen molar-refractivity contribution in [2.75, 3.05) is 39.3 Å². The number of fused-ring (bicyclic) bond motifs is 1. The highest BCUT2D eigenvalue weighted by Crippen LogP contribution is 2.38. The number of hydrogen-bond donors (Lipinski definition) is 0. The van der Waals surface area contributed by atoms with Gasteiger partial charge in [0, 0.05) is 49.0 Å². The standard InChI is InChI=1S/C27H34ClN3O2S/c28-22-8-6-21(7-9-22)27-23-12-18-34-24(23)11-13-31(27)19-26(33)30-16-14-29(15-17-30)25(32)10-5-20-3-1-2-4-20/h6-9,12,18,20,27H,1-5,10-11,13-17,19H2. The molecule has 182 valence electrons. The zero-order valence-corrected chi connectivity index (χ0v) is 21.3. The first-order valence-corrected chi connectivity index (χ1v) is 14.0. The van der Waals surface area contributed by atoms with Gasteiger partial charge in [-0.2, -0.15) is 0 Å². The van der Waals surface area contributed by atoms with Crippen LogP contribution in [0.25, 0.3) is 0 Å². The van der Waals surface area contributed by atoms with E-state index in [0.29, 0.717) is 39.1 Å². The number of carbonyl (C=O) groups excluding carboxylic acids is 2. The highest BCUT2D eigenvalue weighted by atomic mass is 35.5. The molecule has 1 aromatic heterocycles. The molecule has 3 heterocycles. The smallest absolute Gasteiger partial charge is 0.236 e. The van der Waals surface area contributed by atoms with Gasteiger partial charge in [-0.3, -0.25) is 14.5 Å². The van der Waals surface area contributed by atoms with Gasteiger partial charge in [0.15, 0.2) is 0 Å². The van der Waals surface area contributed by atoms with Crippen LogP contribution in [0.15, 0.2) is 35.7 Å². The third-order valence-corrected chi connectivity index (χ3v) is 9.06. The number of rotatable bonds is 6. The highest BCUT2D eigenvalue weighted by molar-refractivity contribution is 7.10. The lowest BCUT2D eigenvalue weighted by molar-refractivity contribution is -0.140. The third kappa shape index (κ3) is 5.34. The SMILES string of the molecule is O=C(CCC1CCCC1)N1CCN(C(=O)CN2CCc3sccc3C2c2ccc(Cl)cc2)CC1. The van der Waals surface area contributed by atoms with Crippen LogP contribution >= 0.6 is 22.9 Å². The fourth-order valence-electron chi connectivity index (χ4n) is 5.84. The Morgan fingerprint density at radius 2 is 1.59 bits per heavy atom. The van der Waals surface area contributed by atoms with E-state index in [-0.39, 0.29) is 17.9 Å². The lowest BCUT2D eigenvalue weighted by atomic mass is 9.93. The Morgan fingerprint density at radius 1 is 0.912 bits per heavy atom. The van der Waals surface area contributed by atoms with Crippen molar-refractivity contribution >= 4 is 34.8 Å². The molecule has 0 bridgehead atoms. The maximum atomic E-state index is 13.3. The van der Waals surface area contributed by atoms with Crippen molar-refractivity contribution in [3.63, 3.8) is 0 Å². The highest BCUT2D eigenvalue weighted by Gasteiger charge is 2.33. The molecule has 2 aromatic rings. The molecular weight excluding hydrogens is 466 g/mol. The summed E-state index contributed by atoms with van der Waals surface area (Å²) < 4.78 is 0. The molecule has 1 aliphatic carbocycles. The van der Waals surface area contributed by atoms with Crippen molar-refractivity contribution in [3.8, 4) is 0 Å². The Balaban J connectivity index is 1.18. The van der Waals surface area contributed by atoms with Crippen LogP contribution in [-0.2, 0) is 16.0 Å². The van der Waals surface area contributed by atoms with E-state index < -0.39 is 0 Å². The average Bonchev–Trinajstić information content (AvgIpc) is 3.55. The van der Waals surface area contributed by atoms with E-state index >= 15 is 0 Å². The Hall–Kier alpha value is -1.89. The first-order valence-electron chi connectivity index (χ1n) is 12.7. The molecule has 1 saturated carbocycles. The molecule has 5 rings (SSSR count). The van der Waals surface area contributed by atoms with Gasteiger partial charge in [-0.15, -0.1) is 11.3 Å². The average molecular weight is 500 g/mol. The summed E-state index contributed by atoms with van der Waals surface area (Å²) in [4.78, 5) is 33.6. The van der Waals surface area contributed by atoms with Crippen LogP contribution in [-0.4, -0.2) is 65.8 Å². The fourth-order valence-corrected chi connectivity index (χ4v) is 6.87. The summed E-state index contributed by atoms with van der Waals surface area (Å²) >= 11 is 7.94. The van der Waals surface area contributed by atoms with Gasteiger partial charge < -0.3 is 9.80 Å². The maximum Gasteiger partial charge on any atom is 0.236 e. The summed E-state index contributed by atoms with van der Waals surface area (Å²) in [6.07, 6.45) is 7.90. The number of hydrogen-bond acceptors (Lipinski definition) is 4. The molecule has 5 nitrogen and oxygen atoms in total. The van der Waals surface area contributed by atoms with Gasteiger partial charge in [-0.25, -0.2) is 0 Å². The van der Waals surface area contributed by atoms with E-state index in [4.69, 9.17) is 11.6 Å². The number of nitrogens with zero attached hydrogens (tertiary/aromatic N) is 3. The van der Waals surface area contributed by atoms with E-state index in [1.54, 1.807) is 11.3 Å². The van der Waals surface area contributed by atoms with E-state index in [1.807, 2.05) is 21.9 Å². The number of amides is 2. The van der Waals surface area contributed by atoms with Crippen molar-refractivity contribution in [3.05, 3.63) is 56.7 Å². The summed E-state index contributed by atoms with van der Waals surface area (Å²) in [5.74, 6) is 1.17. The Kier molecular flexibility index (Phi) is 7.57. The second kappa shape index (κ2) is 10.8. The summed E-state index contributed by atoms with van der Waals surface area (Å²) in [5, 5.41) is 2.88. The monoisotopic (exact) mass is 499 g/mol. The first kappa shape index (κ1) is 23.8. The van der Waals surface area contributed by atoms with Crippen LogP contribution < -0.4 is 0 Å². The predicted molar refractivity (Wildman–Crippen MR) is 137 cm³/mol. The zero-order chi connectivity index (χ0) is 23.5. The molecule has 0 radical (unpaired) electrons. The topological polar surface area (TPSA) is 43.9 Å². The second-order valence-electron chi connectivity index (χ2n) is 9.92. The van der Waals surface area contributed by atoms with Crippen LogP contribution in [0.1, 0.15) is 60.6 Å². The quantitative estimate of drug-likeness (QED) is 0.562. The summed E-state index contributed by atoms with van der Waals surface area (Å²) in [6, 6.07) is 10.3. The van der Waals surface area contributed by atoms with Gasteiger partial charge in [0.25, 0.3) is 0 Å². The van der Waals surface area contributed by atoms with Crippen LogP contribution in [0.3, 0.4) is 0 Å². The van der Waals surface area contributed by atoms with Crippen LogP contribution in [0, 0.1) is 5.92 Å². The van der Waals surface area contributed by atoms with E-state index in [0.717, 1.165) is 30.3 Å². The third-order valence-electron chi connectivity index (χ3n) is 7.82. The van der Waals surface area contributed by atoms with Crippen LogP contribution in [0.2, 0.25) is 5.02 Å². The summed E-state index contributed by atoms with van der Waals surface area (Å²) in [7, 11) is 0. The molecule has 2 amide bonds. The maximum absolute atomic E-state index is 13.3. The first-order chi connectivity index (χ1) is 16.6. The van der Waals surface area contributed by atoms with E-state index in [9.17, 15) is 9.59 Å². The van der Waals surface area contributed by atoms with Crippen molar-refractivity contribution < 1.29 is 9.59 Å². The second-order valence-corrected chi connectivity index (χ2v) is 11.4. The minimum absolute atomic E-state index is 0.0784. The molecule has 7 heteroatoms. The van der Waals surface area contributed by atoms with Gasteiger partial charge >= 0.3 is 0 Å². The molecule has 1 atom stereocenters. The van der Waals surface area contributed by atoms with Crippen molar-refractivity contribution in [1.82, 2.24) is 14.7 Å². The number of halogens is 1. The van der Waals surface area contributed by atoms with Crippen molar-refractivity contribution in [2.45, 2.75) is 51.0 Å². The zero-order valence-electron chi connectivity index (χ0n) is 19.8. The number of piperazine rings is 1. The summed E-state index contributed by atoms with van der Waals surface area (Å²) in [5.41, 5.74) is 2.48. The molecular formula is C27H34ClN3O2S. The molecule has 1 unspecified atom stereocenters. The summed E-state index contributed by atoms with van der Waals surface area (Å²) in [6.45, 7) is 3.85. The van der Waals surface area contributed by atoms with Gasteiger partial charge in [-0.05, 0) is 53.5 Å². The Bertz CT molecular complexity index is 994. The van der Waals surface area contributed by atoms with Gasteiger partial charge in [-0.1, -0.05) is 49.4 Å². The molecule has 2 fully saturated rings. The van der Waals surface area contributed by atoms with Gasteiger partial charge in [0.2, 0.25) is 11.8 Å². The lowest BCUT2D eigenvalue weighted by Crippen LogP contribution is -2.53. The Labute approximate surface area is 211 Å². The minimum Gasteiger partial charge on any atom is -0.339 e. The molecule has 0 N–H and O–H groups in total. The fraction of sp³-hybridized carbons (Fsp3) is 0.556. The molecule has 34 heavy (non-hydrogen) atoms. The van der Waals surface area contributed by atoms with Gasteiger partial charge in [0.1, 0.15) is 0 Å². The molecule has 0 spiro atoms. The number of benzene rings is 1. The van der Waals surface area contributed by atoms with Crippen molar-refractivity contribution in [1.29, 1.82) is 0 Å². The minimum atomic E-state index is 0.0784.